The van der Waals surface area contributed by atoms with E-state index in [1.807, 2.05) is 48.8 Å². The van der Waals surface area contributed by atoms with Gasteiger partial charge in [-0.2, -0.15) is 62.6 Å². The molecule has 0 saturated heterocycles. The molecule has 0 bridgehead atoms. The van der Waals surface area contributed by atoms with Crippen molar-refractivity contribution in [1.82, 2.24) is 29.7 Å². The molecule has 6 nitrogen and oxygen atoms in total. The first kappa shape index (κ1) is 47.4. The quantitative estimate of drug-likeness (QED) is 0.0791. The van der Waals surface area contributed by atoms with Crippen LogP contribution in [0, 0.1) is 24.3 Å². The van der Waals surface area contributed by atoms with Gasteiger partial charge in [0.15, 0.2) is 0 Å². The van der Waals surface area contributed by atoms with Crippen LogP contribution >= 0.6 is 0 Å². The van der Waals surface area contributed by atoms with E-state index in [4.69, 9.17) is 20.1 Å². The van der Waals surface area contributed by atoms with Crippen molar-refractivity contribution in [2.24, 2.45) is 0 Å². The summed E-state index contributed by atoms with van der Waals surface area (Å²) in [7, 11) is -6.36. The number of hydrogen-bond donors (Lipinski definition) is 0. The standard InChI is InChI=1S/C61H40N6Si2.2Pt/c1-5-21-47(22-6-1)68(48-23-7-2-8-24-48,51-29-17-19-45(41-51)57-31-13-15-37-62-57)53-33-35-55-56-36-34-54(44-60(56)67(59(55)43-53)61-64-39-40-65-66-61)69(49-25-9-3-10-26-49,50-27-11-4-12-28-50)52-30-18-20-46(42-52)58-32-14-16-38-63-58;;/h1-40H;;/q-4;2*+2. The molecule has 71 heavy (non-hydrogen) atoms. The summed E-state index contributed by atoms with van der Waals surface area (Å²) in [6.07, 6.45) is 6.98. The maximum absolute atomic E-state index is 4.89. The van der Waals surface area contributed by atoms with Gasteiger partial charge >= 0.3 is 42.1 Å². The number of aromatic nitrogens is 6. The SMILES string of the molecule is [Pt+2].[Pt+2].[c-]1c(-c2ccccn2)cccc1[Si](c1[c-]c2c(cc1)c1ccc([Si](c3[c-]c(-c4ccccn4)ccc3)(c3ccccc3)c3ccccc3)[c-]c1n2-c1nccnn1)(c1ccccc1)c1ccccc1. The number of hydrogen-bond acceptors (Lipinski definition) is 5. The van der Waals surface area contributed by atoms with E-state index in [0.29, 0.717) is 5.95 Å². The summed E-state index contributed by atoms with van der Waals surface area (Å²) in [5.41, 5.74) is 5.28. The van der Waals surface area contributed by atoms with Crippen LogP contribution in [-0.4, -0.2) is 45.9 Å². The molecule has 0 radical (unpaired) electrons. The molecule has 10 heteroatoms. The Morgan fingerprint density at radius 1 is 0.324 bits per heavy atom. The van der Waals surface area contributed by atoms with Crippen molar-refractivity contribution in [1.29, 1.82) is 0 Å². The van der Waals surface area contributed by atoms with Crippen molar-refractivity contribution < 1.29 is 42.1 Å². The molecule has 0 aliphatic heterocycles. The van der Waals surface area contributed by atoms with Crippen molar-refractivity contribution in [2.45, 2.75) is 0 Å². The average Bonchev–Trinajstić information content (AvgIpc) is 3.76. The molecule has 0 amide bonds. The van der Waals surface area contributed by atoms with Crippen molar-refractivity contribution in [3.05, 3.63) is 267 Å². The van der Waals surface area contributed by atoms with E-state index < -0.39 is 16.1 Å². The molecule has 342 valence electrons. The molecule has 0 saturated carbocycles. The summed E-state index contributed by atoms with van der Waals surface area (Å²) < 4.78 is 2.11. The molecule has 12 rings (SSSR count). The molecule has 0 spiro atoms. The predicted molar refractivity (Wildman–Crippen MR) is 283 cm³/mol. The predicted octanol–water partition coefficient (Wildman–Crippen LogP) is 7.04. The molecule has 0 N–H and O–H groups in total. The summed E-state index contributed by atoms with van der Waals surface area (Å²) >= 11 is 0. The Labute approximate surface area is 443 Å². The minimum atomic E-state index is -3.18. The van der Waals surface area contributed by atoms with Gasteiger partial charge in [0.05, 0.1) is 12.4 Å². The second-order valence-electron chi connectivity index (χ2n) is 16.9. The maximum Gasteiger partial charge on any atom is 2.00 e. The second-order valence-corrected chi connectivity index (χ2v) is 24.4. The van der Waals surface area contributed by atoms with Gasteiger partial charge in [0.25, 0.3) is 5.95 Å². The van der Waals surface area contributed by atoms with Gasteiger partial charge in [-0.05, 0) is 44.3 Å². The third kappa shape index (κ3) is 8.31. The van der Waals surface area contributed by atoms with Gasteiger partial charge in [0, 0.05) is 12.4 Å². The van der Waals surface area contributed by atoms with Gasteiger partial charge in [-0.15, -0.1) is 75.1 Å². The summed E-state index contributed by atoms with van der Waals surface area (Å²) in [6.45, 7) is 0. The van der Waals surface area contributed by atoms with E-state index in [9.17, 15) is 0 Å². The van der Waals surface area contributed by atoms with E-state index in [1.54, 1.807) is 12.4 Å². The first-order valence-electron chi connectivity index (χ1n) is 22.9. The summed E-state index contributed by atoms with van der Waals surface area (Å²) in [6, 6.07) is 93.6. The molecule has 4 heterocycles. The Morgan fingerprint density at radius 2 is 0.718 bits per heavy atom. The van der Waals surface area contributed by atoms with Crippen molar-refractivity contribution >= 4 is 79.4 Å². The zero-order valence-electron chi connectivity index (χ0n) is 37.9. The Morgan fingerprint density at radius 3 is 1.08 bits per heavy atom. The number of nitrogens with zero attached hydrogens (tertiary/aromatic N) is 6. The van der Waals surface area contributed by atoms with E-state index in [1.165, 1.54) is 20.7 Å². The fourth-order valence-electron chi connectivity index (χ4n) is 10.2. The Balaban J connectivity index is 0.00000291. The normalized spacial score (nSPS) is 11.4. The van der Waals surface area contributed by atoms with Gasteiger partial charge in [-0.25, -0.2) is 4.98 Å². The first-order valence-corrected chi connectivity index (χ1v) is 26.9. The third-order valence-corrected chi connectivity index (χ3v) is 22.4. The molecule has 4 aromatic heterocycles. The summed E-state index contributed by atoms with van der Waals surface area (Å²) in [4.78, 5) is 14.4. The van der Waals surface area contributed by atoms with Crippen molar-refractivity contribution in [3.8, 4) is 28.5 Å². The largest absolute Gasteiger partial charge is 2.00 e. The monoisotopic (exact) mass is 1300 g/mol. The van der Waals surface area contributed by atoms with Crippen molar-refractivity contribution in [2.75, 3.05) is 0 Å². The number of pyridine rings is 2. The maximum atomic E-state index is 4.89. The summed E-state index contributed by atoms with van der Waals surface area (Å²) in [5, 5.41) is 20.3. The van der Waals surface area contributed by atoms with E-state index in [2.05, 4.69) is 216 Å². The molecule has 0 aliphatic carbocycles. The molecule has 0 fully saturated rings. The van der Waals surface area contributed by atoms with Gasteiger partial charge in [0.2, 0.25) is 0 Å². The van der Waals surface area contributed by atoms with Crippen LogP contribution in [-0.2, 0) is 42.1 Å². The van der Waals surface area contributed by atoms with Crippen LogP contribution in [0.15, 0.2) is 243 Å². The van der Waals surface area contributed by atoms with Crippen LogP contribution in [0.4, 0.5) is 0 Å². The topological polar surface area (TPSA) is 69.4 Å². The van der Waals surface area contributed by atoms with Crippen LogP contribution in [0.1, 0.15) is 0 Å². The van der Waals surface area contributed by atoms with Gasteiger partial charge in [-0.3, -0.25) is 0 Å². The zero-order valence-corrected chi connectivity index (χ0v) is 44.5. The number of fused-ring (bicyclic) bond motifs is 3. The number of benzene rings is 8. The second kappa shape index (κ2) is 20.6. The Hall–Kier alpha value is -7.32. The minimum Gasteiger partial charge on any atom is -0.327 e. The van der Waals surface area contributed by atoms with Gasteiger partial charge < -0.3 is 14.5 Å². The van der Waals surface area contributed by atoms with Crippen LogP contribution in [0.5, 0.6) is 0 Å². The van der Waals surface area contributed by atoms with Crippen LogP contribution in [0.25, 0.3) is 50.3 Å². The molecule has 12 aromatic rings. The molecule has 0 unspecified atom stereocenters. The Kier molecular flexibility index (Phi) is 13.7. The fourth-order valence-corrected chi connectivity index (χ4v) is 19.3. The van der Waals surface area contributed by atoms with Gasteiger partial charge in [-0.1, -0.05) is 157 Å². The van der Waals surface area contributed by atoms with Crippen LogP contribution in [0.2, 0.25) is 0 Å². The summed E-state index contributed by atoms with van der Waals surface area (Å²) in [5.74, 6) is 0.435. The zero-order chi connectivity index (χ0) is 46.0. The molecule has 0 atom stereocenters. The fraction of sp³-hybridized carbons (Fsp3) is 0. The van der Waals surface area contributed by atoms with E-state index >= 15 is 0 Å². The van der Waals surface area contributed by atoms with Gasteiger partial charge in [0.1, 0.15) is 16.1 Å². The first-order chi connectivity index (χ1) is 34.2. The Bertz CT molecular complexity index is 3420. The molecule has 8 aromatic carbocycles. The smallest absolute Gasteiger partial charge is 0.327 e. The molecular weight excluding hydrogens is 1260 g/mol. The third-order valence-electron chi connectivity index (χ3n) is 13.2. The minimum absolute atomic E-state index is 0. The van der Waals surface area contributed by atoms with Crippen molar-refractivity contribution in [3.63, 3.8) is 0 Å². The molecule has 0 aliphatic rings. The van der Waals surface area contributed by atoms with Crippen LogP contribution < -0.4 is 41.5 Å². The number of rotatable bonds is 11. The van der Waals surface area contributed by atoms with Crippen LogP contribution in [0.3, 0.4) is 0 Å². The average molecular weight is 1300 g/mol. The van der Waals surface area contributed by atoms with E-state index in [0.717, 1.165) is 65.1 Å². The molecular formula is C61H40N6Pt2Si2. The van der Waals surface area contributed by atoms with E-state index in [-0.39, 0.29) is 42.1 Å².